The van der Waals surface area contributed by atoms with Crippen LogP contribution in [0.5, 0.6) is 0 Å². The van der Waals surface area contributed by atoms with Gasteiger partial charge in [0, 0.05) is 43.3 Å². The van der Waals surface area contributed by atoms with Crippen molar-refractivity contribution in [2.75, 3.05) is 19.6 Å². The number of alkyl halides is 3. The van der Waals surface area contributed by atoms with Gasteiger partial charge >= 0.3 is 6.18 Å². The van der Waals surface area contributed by atoms with Gasteiger partial charge in [-0.15, -0.1) is 0 Å². The van der Waals surface area contributed by atoms with Crippen LogP contribution in [0.25, 0.3) is 0 Å². The summed E-state index contributed by atoms with van der Waals surface area (Å²) in [6.07, 6.45) is 0.963. The molecule has 0 spiro atoms. The van der Waals surface area contributed by atoms with E-state index in [0.717, 1.165) is 51.0 Å². The molecule has 3 N–H and O–H groups in total. The van der Waals surface area contributed by atoms with Crippen molar-refractivity contribution >= 4 is 11.8 Å². The summed E-state index contributed by atoms with van der Waals surface area (Å²) in [6, 6.07) is 15.3. The van der Waals surface area contributed by atoms with E-state index < -0.39 is 17.6 Å². The minimum atomic E-state index is -4.53. The van der Waals surface area contributed by atoms with Crippen LogP contribution < -0.4 is 16.0 Å². The molecule has 2 unspecified atom stereocenters. The molecule has 0 aromatic heterocycles. The molecule has 0 radical (unpaired) electrons. The van der Waals surface area contributed by atoms with Gasteiger partial charge in [0.15, 0.2) is 0 Å². The summed E-state index contributed by atoms with van der Waals surface area (Å²) in [5.41, 5.74) is 0.237. The van der Waals surface area contributed by atoms with Crippen molar-refractivity contribution < 1.29 is 22.8 Å². The first-order valence-electron chi connectivity index (χ1n) is 12.6. The zero-order valence-electron chi connectivity index (χ0n) is 20.2. The van der Waals surface area contributed by atoms with E-state index in [-0.39, 0.29) is 24.1 Å². The molecular weight excluding hydrogens is 469 g/mol. The van der Waals surface area contributed by atoms with Crippen molar-refractivity contribution in [1.82, 2.24) is 20.9 Å². The summed E-state index contributed by atoms with van der Waals surface area (Å²) in [7, 11) is 0. The highest BCUT2D eigenvalue weighted by Gasteiger charge is 2.35. The molecule has 2 aromatic carbocycles. The Morgan fingerprint density at radius 2 is 1.75 bits per heavy atom. The van der Waals surface area contributed by atoms with Crippen LogP contribution in [0.3, 0.4) is 0 Å². The Hall–Kier alpha value is -2.91. The van der Waals surface area contributed by atoms with Crippen LogP contribution in [0.15, 0.2) is 54.6 Å². The topological polar surface area (TPSA) is 73.5 Å². The maximum Gasteiger partial charge on any atom is 0.416 e. The first-order valence-corrected chi connectivity index (χ1v) is 12.6. The molecule has 6 nitrogen and oxygen atoms in total. The Morgan fingerprint density at radius 1 is 0.972 bits per heavy atom. The Labute approximate surface area is 209 Å². The second kappa shape index (κ2) is 11.9. The van der Waals surface area contributed by atoms with Crippen LogP contribution in [-0.2, 0) is 17.5 Å². The largest absolute Gasteiger partial charge is 0.416 e. The third-order valence-electron chi connectivity index (χ3n) is 7.06. The average Bonchev–Trinajstić information content (AvgIpc) is 3.34. The molecule has 4 rings (SSSR count). The van der Waals surface area contributed by atoms with Crippen LogP contribution >= 0.6 is 0 Å². The number of nitrogens with one attached hydrogen (secondary N) is 3. The van der Waals surface area contributed by atoms with Gasteiger partial charge in [-0.1, -0.05) is 49.2 Å². The molecule has 2 aliphatic rings. The van der Waals surface area contributed by atoms with Gasteiger partial charge in [-0.2, -0.15) is 13.2 Å². The number of amides is 2. The Balaban J connectivity index is 1.23. The standard InChI is InChI=1S/C27H33F3N4O2/c28-27(29,30)21-10-6-9-20(15-21)26(36)32-17-25(35)33-22-13-14-34(18-22)24-12-5-4-11-23(24)31-16-19-7-2-1-3-8-19/h1-3,6-10,15,22-24,31H,4-5,11-14,16-18H2,(H,32,36)(H,33,35)/t22?,23?,24-/m0/s1. The van der Waals surface area contributed by atoms with E-state index in [9.17, 15) is 22.8 Å². The third-order valence-corrected chi connectivity index (χ3v) is 7.06. The van der Waals surface area contributed by atoms with Crippen LogP contribution in [0.4, 0.5) is 13.2 Å². The van der Waals surface area contributed by atoms with E-state index in [1.165, 1.54) is 30.5 Å². The van der Waals surface area contributed by atoms with Gasteiger partial charge in [-0.3, -0.25) is 14.5 Å². The number of carbonyl (C=O) groups is 2. The summed E-state index contributed by atoms with van der Waals surface area (Å²) >= 11 is 0. The highest BCUT2D eigenvalue weighted by molar-refractivity contribution is 5.96. The first kappa shape index (κ1) is 26.2. The highest BCUT2D eigenvalue weighted by Crippen LogP contribution is 2.29. The van der Waals surface area contributed by atoms with E-state index >= 15 is 0 Å². The van der Waals surface area contributed by atoms with Crippen LogP contribution in [0, 0.1) is 0 Å². The lowest BCUT2D eigenvalue weighted by atomic mass is 9.89. The minimum Gasteiger partial charge on any atom is -0.350 e. The third kappa shape index (κ3) is 7.07. The predicted octanol–water partition coefficient (Wildman–Crippen LogP) is 3.73. The summed E-state index contributed by atoms with van der Waals surface area (Å²) in [5.74, 6) is -1.05. The molecule has 2 amide bonds. The van der Waals surface area contributed by atoms with Crippen molar-refractivity contribution in [3.63, 3.8) is 0 Å². The van der Waals surface area contributed by atoms with Gasteiger partial charge in [0.05, 0.1) is 12.1 Å². The summed E-state index contributed by atoms with van der Waals surface area (Å²) in [4.78, 5) is 27.1. The lowest BCUT2D eigenvalue weighted by Gasteiger charge is -2.38. The van der Waals surface area contributed by atoms with Crippen molar-refractivity contribution in [1.29, 1.82) is 0 Å². The van der Waals surface area contributed by atoms with E-state index in [1.807, 2.05) is 18.2 Å². The normalized spacial score (nSPS) is 22.8. The molecule has 1 aliphatic heterocycles. The number of rotatable bonds is 8. The number of carbonyl (C=O) groups excluding carboxylic acids is 2. The summed E-state index contributed by atoms with van der Waals surface area (Å²) in [5, 5.41) is 9.13. The number of hydrogen-bond acceptors (Lipinski definition) is 4. The molecule has 36 heavy (non-hydrogen) atoms. The number of hydrogen-bond donors (Lipinski definition) is 3. The smallest absolute Gasteiger partial charge is 0.350 e. The quantitative estimate of drug-likeness (QED) is 0.515. The minimum absolute atomic E-state index is 0.0142. The molecule has 2 aromatic rings. The zero-order valence-corrected chi connectivity index (χ0v) is 20.2. The molecule has 2 fully saturated rings. The average molecular weight is 503 g/mol. The first-order chi connectivity index (χ1) is 17.3. The number of nitrogens with zero attached hydrogens (tertiary/aromatic N) is 1. The lowest BCUT2D eigenvalue weighted by molar-refractivity contribution is -0.137. The lowest BCUT2D eigenvalue weighted by Crippen LogP contribution is -2.52. The van der Waals surface area contributed by atoms with Crippen molar-refractivity contribution in [2.24, 2.45) is 0 Å². The molecule has 194 valence electrons. The molecule has 1 heterocycles. The second-order valence-corrected chi connectivity index (χ2v) is 9.63. The Kier molecular flexibility index (Phi) is 8.64. The van der Waals surface area contributed by atoms with Crippen molar-refractivity contribution in [3.05, 3.63) is 71.3 Å². The van der Waals surface area contributed by atoms with Crippen LogP contribution in [0.1, 0.15) is 53.6 Å². The highest BCUT2D eigenvalue weighted by atomic mass is 19.4. The van der Waals surface area contributed by atoms with E-state index in [2.05, 4.69) is 33.0 Å². The van der Waals surface area contributed by atoms with E-state index in [1.54, 1.807) is 0 Å². The fourth-order valence-electron chi connectivity index (χ4n) is 5.22. The Morgan fingerprint density at radius 3 is 2.53 bits per heavy atom. The van der Waals surface area contributed by atoms with E-state index in [0.29, 0.717) is 12.1 Å². The van der Waals surface area contributed by atoms with Gasteiger partial charge in [0.25, 0.3) is 5.91 Å². The molecule has 1 saturated carbocycles. The van der Waals surface area contributed by atoms with E-state index in [4.69, 9.17) is 0 Å². The molecule has 3 atom stereocenters. The van der Waals surface area contributed by atoms with Crippen LogP contribution in [0.2, 0.25) is 0 Å². The monoisotopic (exact) mass is 502 g/mol. The fourth-order valence-corrected chi connectivity index (χ4v) is 5.22. The second-order valence-electron chi connectivity index (χ2n) is 9.63. The molecule has 1 saturated heterocycles. The SMILES string of the molecule is O=C(CNC(=O)c1cccc(C(F)(F)F)c1)NC1CCN([C@H]2CCCCC2NCc2ccccc2)C1. The van der Waals surface area contributed by atoms with Gasteiger partial charge in [-0.05, 0) is 43.0 Å². The molecule has 1 aliphatic carbocycles. The van der Waals surface area contributed by atoms with Gasteiger partial charge in [0.1, 0.15) is 0 Å². The molecular formula is C27H33F3N4O2. The maximum atomic E-state index is 12.9. The van der Waals surface area contributed by atoms with Crippen molar-refractivity contribution in [2.45, 2.75) is 63.0 Å². The zero-order chi connectivity index (χ0) is 25.5. The Bertz CT molecular complexity index is 1030. The predicted molar refractivity (Wildman–Crippen MR) is 131 cm³/mol. The van der Waals surface area contributed by atoms with Gasteiger partial charge in [-0.25, -0.2) is 0 Å². The molecule has 0 bridgehead atoms. The van der Waals surface area contributed by atoms with Crippen molar-refractivity contribution in [3.8, 4) is 0 Å². The maximum absolute atomic E-state index is 12.9. The summed E-state index contributed by atoms with van der Waals surface area (Å²) < 4.78 is 38.6. The number of benzene rings is 2. The number of likely N-dealkylation sites (tertiary alicyclic amines) is 1. The number of halogens is 3. The van der Waals surface area contributed by atoms with Gasteiger partial charge in [0.2, 0.25) is 5.91 Å². The van der Waals surface area contributed by atoms with Crippen LogP contribution in [-0.4, -0.2) is 54.5 Å². The fraction of sp³-hybridized carbons (Fsp3) is 0.481. The molecule has 9 heteroatoms. The summed E-state index contributed by atoms with van der Waals surface area (Å²) in [6.45, 7) is 2.20. The van der Waals surface area contributed by atoms with Gasteiger partial charge < -0.3 is 16.0 Å².